The van der Waals surface area contributed by atoms with Crippen LogP contribution in [0.25, 0.3) is 0 Å². The summed E-state index contributed by atoms with van der Waals surface area (Å²) in [7, 11) is 1.59. The molecule has 0 amide bonds. The number of carbonyl (C=O) groups excluding carboxylic acids is 2. The molecule has 8 nitrogen and oxygen atoms in total. The highest BCUT2D eigenvalue weighted by Crippen LogP contribution is 2.12. The summed E-state index contributed by atoms with van der Waals surface area (Å²) in [5.41, 5.74) is 3.36. The number of nitrogens with zero attached hydrogens (tertiary/aromatic N) is 2. The lowest BCUT2D eigenvalue weighted by atomic mass is 10.2. The minimum absolute atomic E-state index is 0.0729. The van der Waals surface area contributed by atoms with Crippen molar-refractivity contribution >= 4 is 11.9 Å². The Morgan fingerprint density at radius 1 is 1.04 bits per heavy atom. The molecular weight excluding hydrogens is 326 g/mol. The van der Waals surface area contributed by atoms with E-state index in [1.54, 1.807) is 21.0 Å². The fourth-order valence-corrected chi connectivity index (χ4v) is 1.76. The zero-order chi connectivity index (χ0) is 18.7. The average Bonchev–Trinajstić information content (AvgIpc) is 2.62. The van der Waals surface area contributed by atoms with Crippen LogP contribution >= 0.6 is 0 Å². The minimum Gasteiger partial charge on any atom is -0.497 e. The Hall–Kier alpha value is -2.90. The number of nitrogens with one attached hydrogen (secondary N) is 1. The van der Waals surface area contributed by atoms with Gasteiger partial charge in [0.05, 0.1) is 32.4 Å². The number of hydrogen-bond acceptors (Lipinski definition) is 7. The predicted octanol–water partition coefficient (Wildman–Crippen LogP) is 2.55. The van der Waals surface area contributed by atoms with E-state index in [2.05, 4.69) is 15.8 Å². The summed E-state index contributed by atoms with van der Waals surface area (Å²) in [6.45, 7) is 5.47. The van der Waals surface area contributed by atoms with Gasteiger partial charge in [0.1, 0.15) is 5.75 Å². The second-order valence-electron chi connectivity index (χ2n) is 4.80. The SMILES string of the molecule is CCOC(=O)/C(C)=C(/NN=NCc1ccc(OC)cc1)C(=O)OCC. The average molecular weight is 349 g/mol. The summed E-state index contributed by atoms with van der Waals surface area (Å²) >= 11 is 0. The molecule has 0 radical (unpaired) electrons. The van der Waals surface area contributed by atoms with Crippen LogP contribution < -0.4 is 10.2 Å². The number of hydrogen-bond donors (Lipinski definition) is 1. The molecule has 1 N–H and O–H groups in total. The highest BCUT2D eigenvalue weighted by Gasteiger charge is 2.19. The van der Waals surface area contributed by atoms with Crippen LogP contribution in [0.3, 0.4) is 0 Å². The molecule has 1 rings (SSSR count). The van der Waals surface area contributed by atoms with Crippen LogP contribution in [0.15, 0.2) is 45.9 Å². The van der Waals surface area contributed by atoms with Crippen molar-refractivity contribution in [2.75, 3.05) is 20.3 Å². The normalized spacial score (nSPS) is 11.7. The molecule has 8 heteroatoms. The Balaban J connectivity index is 2.78. The van der Waals surface area contributed by atoms with Crippen molar-refractivity contribution in [3.63, 3.8) is 0 Å². The monoisotopic (exact) mass is 349 g/mol. The van der Waals surface area contributed by atoms with Gasteiger partial charge in [0, 0.05) is 0 Å². The number of methoxy groups -OCH3 is 1. The summed E-state index contributed by atoms with van der Waals surface area (Å²) in [6, 6.07) is 7.33. The zero-order valence-corrected chi connectivity index (χ0v) is 14.9. The number of carbonyl (C=O) groups is 2. The molecule has 0 bridgehead atoms. The molecule has 0 fully saturated rings. The van der Waals surface area contributed by atoms with Crippen LogP contribution in [0, 0.1) is 0 Å². The molecule has 1 aromatic rings. The molecule has 0 aromatic heterocycles. The third kappa shape index (κ3) is 6.62. The van der Waals surface area contributed by atoms with Gasteiger partial charge in [-0.2, -0.15) is 5.11 Å². The van der Waals surface area contributed by atoms with Gasteiger partial charge in [-0.3, -0.25) is 5.43 Å². The lowest BCUT2D eigenvalue weighted by Gasteiger charge is -2.09. The lowest BCUT2D eigenvalue weighted by Crippen LogP contribution is -2.23. The second-order valence-corrected chi connectivity index (χ2v) is 4.80. The zero-order valence-electron chi connectivity index (χ0n) is 14.9. The van der Waals surface area contributed by atoms with Gasteiger partial charge >= 0.3 is 11.9 Å². The van der Waals surface area contributed by atoms with E-state index in [0.717, 1.165) is 11.3 Å². The number of rotatable bonds is 9. The molecule has 0 aliphatic carbocycles. The summed E-state index contributed by atoms with van der Waals surface area (Å²) in [5, 5.41) is 7.70. The van der Waals surface area contributed by atoms with Crippen molar-refractivity contribution in [3.8, 4) is 5.75 Å². The molecule has 0 saturated heterocycles. The smallest absolute Gasteiger partial charge is 0.356 e. The van der Waals surface area contributed by atoms with Crippen molar-refractivity contribution < 1.29 is 23.8 Å². The maximum Gasteiger partial charge on any atom is 0.356 e. The molecule has 0 aliphatic heterocycles. The van der Waals surface area contributed by atoms with Gasteiger partial charge in [-0.15, -0.1) is 0 Å². The molecule has 0 saturated carbocycles. The van der Waals surface area contributed by atoms with Gasteiger partial charge in [0.15, 0.2) is 5.70 Å². The molecule has 0 heterocycles. The third-order valence-electron chi connectivity index (χ3n) is 3.08. The summed E-state index contributed by atoms with van der Waals surface area (Å²) in [5.74, 6) is -0.573. The van der Waals surface area contributed by atoms with E-state index in [1.807, 2.05) is 24.3 Å². The van der Waals surface area contributed by atoms with E-state index in [0.29, 0.717) is 6.54 Å². The highest BCUT2D eigenvalue weighted by atomic mass is 16.5. The topological polar surface area (TPSA) is 98.6 Å². The fraction of sp³-hybridized carbons (Fsp3) is 0.412. The standard InChI is InChI=1S/C17H23N3O5/c1-5-24-16(21)12(3)15(17(22)25-6-2)19-20-18-11-13-7-9-14(23-4)10-8-13/h7-10H,5-6,11H2,1-4H3,(H,18,19)/b15-12+. The van der Waals surface area contributed by atoms with Crippen LogP contribution in [0.5, 0.6) is 5.75 Å². The van der Waals surface area contributed by atoms with E-state index in [1.165, 1.54) is 6.92 Å². The van der Waals surface area contributed by atoms with Crippen LogP contribution in [0.2, 0.25) is 0 Å². The summed E-state index contributed by atoms with van der Waals surface area (Å²) in [4.78, 5) is 23.8. The number of benzene rings is 1. The number of ether oxygens (including phenoxy) is 3. The Morgan fingerprint density at radius 2 is 1.64 bits per heavy atom. The summed E-state index contributed by atoms with van der Waals surface area (Å²) < 4.78 is 14.9. The molecular formula is C17H23N3O5. The van der Waals surface area contributed by atoms with E-state index < -0.39 is 11.9 Å². The van der Waals surface area contributed by atoms with Crippen molar-refractivity contribution in [1.82, 2.24) is 5.43 Å². The van der Waals surface area contributed by atoms with Crippen LogP contribution in [-0.4, -0.2) is 32.3 Å². The second kappa shape index (κ2) is 10.8. The fourth-order valence-electron chi connectivity index (χ4n) is 1.76. The molecule has 136 valence electrons. The molecule has 1 aromatic carbocycles. The van der Waals surface area contributed by atoms with Gasteiger partial charge in [-0.05, 0) is 38.5 Å². The Kier molecular flexibility index (Phi) is 8.70. The van der Waals surface area contributed by atoms with Crippen molar-refractivity contribution in [3.05, 3.63) is 41.1 Å². The van der Waals surface area contributed by atoms with Crippen LogP contribution in [-0.2, 0) is 25.6 Å². The molecule has 0 spiro atoms. The molecule has 0 aliphatic rings. The van der Waals surface area contributed by atoms with Gasteiger partial charge in [-0.1, -0.05) is 17.4 Å². The van der Waals surface area contributed by atoms with E-state index in [9.17, 15) is 9.59 Å². The highest BCUT2D eigenvalue weighted by molar-refractivity contribution is 5.99. The first kappa shape index (κ1) is 20.1. The maximum absolute atomic E-state index is 12.0. The Labute approximate surface area is 146 Å². The summed E-state index contributed by atoms with van der Waals surface area (Å²) in [6.07, 6.45) is 0. The first-order valence-electron chi connectivity index (χ1n) is 7.84. The Bertz CT molecular complexity index is 638. The molecule has 0 unspecified atom stereocenters. The van der Waals surface area contributed by atoms with Gasteiger partial charge in [0.25, 0.3) is 0 Å². The molecule has 0 atom stereocenters. The van der Waals surface area contributed by atoms with E-state index in [-0.39, 0.29) is 24.5 Å². The minimum atomic E-state index is -0.698. The molecule has 25 heavy (non-hydrogen) atoms. The number of esters is 2. The van der Waals surface area contributed by atoms with Gasteiger partial charge in [0.2, 0.25) is 0 Å². The first-order valence-corrected chi connectivity index (χ1v) is 7.84. The predicted molar refractivity (Wildman–Crippen MR) is 90.7 cm³/mol. The van der Waals surface area contributed by atoms with Gasteiger partial charge in [-0.25, -0.2) is 9.59 Å². The Morgan fingerprint density at radius 3 is 2.20 bits per heavy atom. The quantitative estimate of drug-likeness (QED) is 0.318. The van der Waals surface area contributed by atoms with Crippen LogP contribution in [0.4, 0.5) is 0 Å². The van der Waals surface area contributed by atoms with E-state index >= 15 is 0 Å². The first-order chi connectivity index (χ1) is 12.0. The van der Waals surface area contributed by atoms with E-state index in [4.69, 9.17) is 14.2 Å². The maximum atomic E-state index is 12.0. The van der Waals surface area contributed by atoms with Crippen molar-refractivity contribution in [1.29, 1.82) is 0 Å². The van der Waals surface area contributed by atoms with Crippen molar-refractivity contribution in [2.24, 2.45) is 10.3 Å². The third-order valence-corrected chi connectivity index (χ3v) is 3.08. The van der Waals surface area contributed by atoms with Gasteiger partial charge < -0.3 is 14.2 Å². The van der Waals surface area contributed by atoms with Crippen LogP contribution in [0.1, 0.15) is 26.3 Å². The largest absolute Gasteiger partial charge is 0.497 e. The van der Waals surface area contributed by atoms with Crippen molar-refractivity contribution in [2.45, 2.75) is 27.3 Å². The lowest BCUT2D eigenvalue weighted by molar-refractivity contribution is -0.142.